The van der Waals surface area contributed by atoms with E-state index in [0.29, 0.717) is 43.3 Å². The molecule has 0 saturated carbocycles. The summed E-state index contributed by atoms with van der Waals surface area (Å²) in [7, 11) is 0. The average Bonchev–Trinajstić information content (AvgIpc) is 3.42. The fourth-order valence-electron chi connectivity index (χ4n) is 4.63. The van der Waals surface area contributed by atoms with Gasteiger partial charge in [0.05, 0.1) is 4.88 Å². The first kappa shape index (κ1) is 19.7. The summed E-state index contributed by atoms with van der Waals surface area (Å²) in [5, 5.41) is 5.98. The number of fused-ring (bicyclic) bond motifs is 4. The molecular weight excluding hydrogens is 416 g/mol. The van der Waals surface area contributed by atoms with Crippen LogP contribution >= 0.6 is 11.3 Å². The van der Waals surface area contributed by atoms with Crippen LogP contribution in [0.4, 0.5) is 0 Å². The lowest BCUT2D eigenvalue weighted by Crippen LogP contribution is -2.64. The maximum Gasteiger partial charge on any atom is 0.238 e. The summed E-state index contributed by atoms with van der Waals surface area (Å²) in [6.45, 7) is 2.29. The van der Waals surface area contributed by atoms with Crippen molar-refractivity contribution in [3.63, 3.8) is 0 Å². The Hall–Kier alpha value is -3.20. The number of ether oxygens (including phenoxy) is 1. The predicted octanol–water partition coefficient (Wildman–Crippen LogP) is 2.96. The van der Waals surface area contributed by atoms with Crippen LogP contribution in [-0.4, -0.2) is 39.1 Å². The number of aryl methyl sites for hydroxylation is 1. The SMILES string of the molecule is C[C@@]12C[C@@H](c3ccccc3O1)[C@@H](C(N)=O)C(=O)N2CCCc1nc(-c2cccs2)no1. The summed E-state index contributed by atoms with van der Waals surface area (Å²) in [5.74, 6) is -0.288. The third-order valence-electron chi connectivity index (χ3n) is 6.04. The van der Waals surface area contributed by atoms with Gasteiger partial charge in [0.25, 0.3) is 0 Å². The van der Waals surface area contributed by atoms with E-state index in [-0.39, 0.29) is 11.8 Å². The number of nitrogens with zero attached hydrogens (tertiary/aromatic N) is 3. The van der Waals surface area contributed by atoms with E-state index in [9.17, 15) is 9.59 Å². The summed E-state index contributed by atoms with van der Waals surface area (Å²) < 4.78 is 11.6. The van der Waals surface area contributed by atoms with Crippen molar-refractivity contribution in [2.75, 3.05) is 6.54 Å². The number of aromatic nitrogens is 2. The number of thiophene rings is 1. The van der Waals surface area contributed by atoms with Crippen molar-refractivity contribution in [2.45, 2.75) is 37.8 Å². The largest absolute Gasteiger partial charge is 0.468 e. The minimum Gasteiger partial charge on any atom is -0.468 e. The Labute approximate surface area is 183 Å². The molecule has 0 aliphatic carbocycles. The molecule has 0 spiro atoms. The minimum absolute atomic E-state index is 0.277. The zero-order valence-electron chi connectivity index (χ0n) is 17.0. The van der Waals surface area contributed by atoms with Crippen LogP contribution in [0.3, 0.4) is 0 Å². The molecule has 160 valence electrons. The Morgan fingerprint density at radius 3 is 2.94 bits per heavy atom. The molecule has 3 aromatic rings. The lowest BCUT2D eigenvalue weighted by molar-refractivity contribution is -0.175. The van der Waals surface area contributed by atoms with Gasteiger partial charge in [-0.15, -0.1) is 11.3 Å². The lowest BCUT2D eigenvalue weighted by atomic mass is 9.73. The molecule has 0 unspecified atom stereocenters. The summed E-state index contributed by atoms with van der Waals surface area (Å²) in [6, 6.07) is 11.4. The number of hydrogen-bond donors (Lipinski definition) is 1. The molecule has 31 heavy (non-hydrogen) atoms. The first-order chi connectivity index (χ1) is 15.0. The van der Waals surface area contributed by atoms with Gasteiger partial charge in [0.2, 0.25) is 23.5 Å². The Bertz CT molecular complexity index is 1130. The average molecular weight is 439 g/mol. The summed E-state index contributed by atoms with van der Waals surface area (Å²) in [5.41, 5.74) is 5.70. The molecule has 2 bridgehead atoms. The molecule has 0 radical (unpaired) electrons. The van der Waals surface area contributed by atoms with Crippen molar-refractivity contribution in [1.82, 2.24) is 15.0 Å². The van der Waals surface area contributed by atoms with E-state index in [4.69, 9.17) is 15.0 Å². The molecule has 4 heterocycles. The van der Waals surface area contributed by atoms with E-state index in [1.54, 1.807) is 16.2 Å². The summed E-state index contributed by atoms with van der Waals surface area (Å²) in [4.78, 5) is 32.5. The van der Waals surface area contributed by atoms with E-state index >= 15 is 0 Å². The number of carbonyl (C=O) groups excluding carboxylic acids is 2. The Balaban J connectivity index is 1.34. The van der Waals surface area contributed by atoms with Crippen LogP contribution in [0.5, 0.6) is 5.75 Å². The molecule has 2 aliphatic heterocycles. The molecule has 2 amide bonds. The number of primary amides is 1. The van der Waals surface area contributed by atoms with Gasteiger partial charge in [-0.3, -0.25) is 9.59 Å². The highest BCUT2D eigenvalue weighted by atomic mass is 32.1. The third kappa shape index (κ3) is 3.38. The van der Waals surface area contributed by atoms with Gasteiger partial charge in [-0.25, -0.2) is 0 Å². The van der Waals surface area contributed by atoms with Crippen LogP contribution < -0.4 is 10.5 Å². The predicted molar refractivity (Wildman–Crippen MR) is 113 cm³/mol. The number of benzene rings is 1. The van der Waals surface area contributed by atoms with E-state index in [0.717, 1.165) is 10.4 Å². The van der Waals surface area contributed by atoms with E-state index in [2.05, 4.69) is 10.1 Å². The quantitative estimate of drug-likeness (QED) is 0.592. The van der Waals surface area contributed by atoms with Gasteiger partial charge in [0, 0.05) is 25.3 Å². The second-order valence-corrected chi connectivity index (χ2v) is 9.04. The van der Waals surface area contributed by atoms with E-state index < -0.39 is 17.6 Å². The number of amides is 2. The molecule has 3 atom stereocenters. The van der Waals surface area contributed by atoms with Crippen LogP contribution in [0.25, 0.3) is 10.7 Å². The maximum atomic E-state index is 13.3. The smallest absolute Gasteiger partial charge is 0.238 e. The van der Waals surface area contributed by atoms with E-state index in [1.165, 1.54) is 0 Å². The molecule has 5 rings (SSSR count). The molecule has 1 aromatic carbocycles. The first-order valence-electron chi connectivity index (χ1n) is 10.2. The van der Waals surface area contributed by atoms with E-state index in [1.807, 2.05) is 48.7 Å². The van der Waals surface area contributed by atoms with Gasteiger partial charge < -0.3 is 19.9 Å². The van der Waals surface area contributed by atoms with Crippen LogP contribution in [0.2, 0.25) is 0 Å². The molecule has 2 aromatic heterocycles. The fourth-order valence-corrected chi connectivity index (χ4v) is 5.28. The lowest BCUT2D eigenvalue weighted by Gasteiger charge is -2.52. The molecule has 2 aliphatic rings. The second kappa shape index (κ2) is 7.49. The minimum atomic E-state index is -0.896. The number of rotatable bonds is 6. The summed E-state index contributed by atoms with van der Waals surface area (Å²) >= 11 is 1.54. The van der Waals surface area contributed by atoms with Crippen molar-refractivity contribution in [1.29, 1.82) is 0 Å². The molecular formula is C22H22N4O4S. The second-order valence-electron chi connectivity index (χ2n) is 8.09. The highest BCUT2D eigenvalue weighted by Crippen LogP contribution is 2.50. The normalized spacial score (nSPS) is 24.5. The van der Waals surface area contributed by atoms with Crippen LogP contribution in [0.15, 0.2) is 46.3 Å². The van der Waals surface area contributed by atoms with Crippen LogP contribution in [0.1, 0.15) is 37.1 Å². The van der Waals surface area contributed by atoms with Gasteiger partial charge in [-0.05, 0) is 36.4 Å². The van der Waals surface area contributed by atoms with Crippen molar-refractivity contribution >= 4 is 23.2 Å². The van der Waals surface area contributed by atoms with Crippen LogP contribution in [0, 0.1) is 5.92 Å². The number of piperidine rings is 1. The Morgan fingerprint density at radius 1 is 1.32 bits per heavy atom. The Kier molecular flexibility index (Phi) is 4.77. The van der Waals surface area contributed by atoms with Crippen molar-refractivity contribution < 1.29 is 18.8 Å². The maximum absolute atomic E-state index is 13.3. The molecule has 8 nitrogen and oxygen atoms in total. The Morgan fingerprint density at radius 2 is 2.16 bits per heavy atom. The number of likely N-dealkylation sites (tertiary alicyclic amines) is 1. The zero-order valence-corrected chi connectivity index (χ0v) is 17.8. The number of hydrogen-bond acceptors (Lipinski definition) is 7. The molecule has 2 N–H and O–H groups in total. The highest BCUT2D eigenvalue weighted by Gasteiger charge is 2.55. The van der Waals surface area contributed by atoms with Crippen LogP contribution in [-0.2, 0) is 16.0 Å². The zero-order chi connectivity index (χ0) is 21.6. The summed E-state index contributed by atoms with van der Waals surface area (Å²) in [6.07, 6.45) is 1.63. The molecule has 1 saturated heterocycles. The van der Waals surface area contributed by atoms with Crippen molar-refractivity contribution in [3.8, 4) is 16.5 Å². The highest BCUT2D eigenvalue weighted by molar-refractivity contribution is 7.13. The van der Waals surface area contributed by atoms with Gasteiger partial charge >= 0.3 is 0 Å². The standard InChI is InChI=1S/C22H22N4O4S/c1-22-12-14(13-6-2-3-7-15(13)29-22)18(19(23)27)21(28)26(22)10-4-9-17-24-20(25-30-17)16-8-5-11-31-16/h2-3,5-8,11,14,18H,4,9-10,12H2,1H3,(H2,23,27)/t14-,18-,22-/m0/s1. The van der Waals surface area contributed by atoms with Gasteiger partial charge in [0.1, 0.15) is 11.7 Å². The van der Waals surface area contributed by atoms with Crippen molar-refractivity contribution in [2.24, 2.45) is 11.7 Å². The number of carbonyl (C=O) groups is 2. The monoisotopic (exact) mass is 438 g/mol. The van der Waals surface area contributed by atoms with Gasteiger partial charge in [-0.1, -0.05) is 29.4 Å². The van der Waals surface area contributed by atoms with Crippen molar-refractivity contribution in [3.05, 3.63) is 53.2 Å². The van der Waals surface area contributed by atoms with Gasteiger partial charge in [-0.2, -0.15) is 4.98 Å². The number of nitrogens with two attached hydrogens (primary N) is 1. The molecule has 9 heteroatoms. The van der Waals surface area contributed by atoms with Gasteiger partial charge in [0.15, 0.2) is 5.72 Å². The third-order valence-corrected chi connectivity index (χ3v) is 6.91. The topological polar surface area (TPSA) is 112 Å². The first-order valence-corrected chi connectivity index (χ1v) is 11.1. The number of para-hydroxylation sites is 1. The molecule has 1 fully saturated rings. The fraction of sp³-hybridized carbons (Fsp3) is 0.364.